The zero-order chi connectivity index (χ0) is 45.4. The van der Waals surface area contributed by atoms with Crippen LogP contribution in [0.25, 0.3) is 0 Å². The Morgan fingerprint density at radius 3 is 0.410 bits per heavy atom. The number of para-hydroxylation sites is 6. The molecule has 0 fully saturated rings. The van der Waals surface area contributed by atoms with Gasteiger partial charge in [-0.1, -0.05) is 72.8 Å². The molecule has 0 bridgehead atoms. The van der Waals surface area contributed by atoms with E-state index in [9.17, 15) is 59.4 Å². The molecule has 61 heavy (non-hydrogen) atoms. The van der Waals surface area contributed by atoms with Crippen LogP contribution in [0.15, 0.2) is 146 Å². The molecule has 19 heteroatoms. The summed E-state index contributed by atoms with van der Waals surface area (Å²) in [4.78, 5) is 60.9. The van der Waals surface area contributed by atoms with Crippen molar-refractivity contribution < 1.29 is 111 Å². The standard InChI is InChI=1S/6C7H6O3.Mo/c6*8-6-4-2-1-3-5(6)7(9)10;/h6*1-4,8H,(H,9,10);/q;;;;;;+6/p-6. The van der Waals surface area contributed by atoms with Crippen molar-refractivity contribution in [1.82, 2.24) is 0 Å². The van der Waals surface area contributed by atoms with Crippen LogP contribution in [0.5, 0.6) is 34.5 Å². The molecule has 0 saturated heterocycles. The maximum absolute atomic E-state index is 10.2. The van der Waals surface area contributed by atoms with Crippen LogP contribution in [0.3, 0.4) is 0 Å². The first-order valence-electron chi connectivity index (χ1n) is 16.3. The van der Waals surface area contributed by atoms with E-state index in [1.54, 1.807) is 36.4 Å². The summed E-state index contributed by atoms with van der Waals surface area (Å²) in [5.41, 5.74) is -1.07. The minimum atomic E-state index is -1.36. The fourth-order valence-corrected chi connectivity index (χ4v) is 3.88. The summed E-state index contributed by atoms with van der Waals surface area (Å²) in [6.07, 6.45) is 0. The number of aromatic carboxylic acids is 6. The molecule has 6 rings (SSSR count). The van der Waals surface area contributed by atoms with E-state index >= 15 is 0 Å². The van der Waals surface area contributed by atoms with Crippen LogP contribution in [0, 0.1) is 0 Å². The molecule has 0 radical (unpaired) electrons. The first-order chi connectivity index (χ1) is 28.3. The summed E-state index contributed by atoms with van der Waals surface area (Å²) in [5, 5.41) is 114. The van der Waals surface area contributed by atoms with Crippen LogP contribution in [0.2, 0.25) is 0 Å². The number of aromatic hydroxyl groups is 6. The summed E-state index contributed by atoms with van der Waals surface area (Å²) in [6.45, 7) is 0. The summed E-state index contributed by atoms with van der Waals surface area (Å²) >= 11 is 0. The molecule has 0 spiro atoms. The van der Waals surface area contributed by atoms with E-state index in [0.717, 1.165) is 0 Å². The monoisotopic (exact) mass is 920 g/mol. The number of benzene rings is 6. The molecule has 6 aromatic rings. The predicted molar refractivity (Wildman–Crippen MR) is 195 cm³/mol. The van der Waals surface area contributed by atoms with Gasteiger partial charge in [0, 0.05) is 33.4 Å². The average Bonchev–Trinajstić information content (AvgIpc) is 3.19. The Labute approximate surface area is 359 Å². The number of hydrogen-bond donors (Lipinski definition) is 6. The Kier molecular flexibility index (Phi) is 23.6. The van der Waals surface area contributed by atoms with E-state index in [0.29, 0.717) is 0 Å². The van der Waals surface area contributed by atoms with Crippen LogP contribution >= 0.6 is 0 Å². The van der Waals surface area contributed by atoms with Crippen molar-refractivity contribution in [3.8, 4) is 34.5 Å². The summed E-state index contributed by atoms with van der Waals surface area (Å²) in [5.74, 6) is -9.75. The van der Waals surface area contributed by atoms with Crippen LogP contribution in [0.4, 0.5) is 0 Å². The minimum Gasteiger partial charge on any atom is -0.545 e. The van der Waals surface area contributed by atoms with E-state index < -0.39 is 35.8 Å². The van der Waals surface area contributed by atoms with Crippen molar-refractivity contribution in [2.45, 2.75) is 0 Å². The van der Waals surface area contributed by atoms with Gasteiger partial charge in [-0.3, -0.25) is 0 Å². The number of phenols is 6. The Morgan fingerprint density at radius 1 is 0.246 bits per heavy atom. The van der Waals surface area contributed by atoms with Gasteiger partial charge >= 0.3 is 21.1 Å². The van der Waals surface area contributed by atoms with E-state index in [1.807, 2.05) is 0 Å². The number of carbonyl (C=O) groups is 6. The maximum atomic E-state index is 10.2. The third kappa shape index (κ3) is 19.1. The van der Waals surface area contributed by atoms with Gasteiger partial charge in [0.25, 0.3) is 0 Å². The van der Waals surface area contributed by atoms with Gasteiger partial charge < -0.3 is 90.0 Å². The molecule has 0 unspecified atom stereocenters. The molecule has 312 valence electrons. The van der Waals surface area contributed by atoms with Gasteiger partial charge in [0.05, 0.1) is 35.8 Å². The first-order valence-corrected chi connectivity index (χ1v) is 16.3. The Hall–Kier alpha value is -8.37. The molecule has 18 nitrogen and oxygen atoms in total. The van der Waals surface area contributed by atoms with Crippen molar-refractivity contribution in [2.24, 2.45) is 0 Å². The molecule has 0 saturated carbocycles. The minimum absolute atomic E-state index is 0. The third-order valence-corrected chi connectivity index (χ3v) is 6.74. The molecule has 0 aliphatic rings. The Bertz CT molecular complexity index is 1970. The Balaban J connectivity index is 0.000000706. The molecular weight excluding hydrogens is 888 g/mol. The van der Waals surface area contributed by atoms with Gasteiger partial charge in [0.2, 0.25) is 0 Å². The summed E-state index contributed by atoms with van der Waals surface area (Å²) < 4.78 is 0. The van der Waals surface area contributed by atoms with E-state index in [-0.39, 0.29) is 88.9 Å². The van der Waals surface area contributed by atoms with E-state index in [4.69, 9.17) is 30.6 Å². The second-order valence-electron chi connectivity index (χ2n) is 10.8. The van der Waals surface area contributed by atoms with Gasteiger partial charge in [-0.15, -0.1) is 0 Å². The molecule has 0 heterocycles. The van der Waals surface area contributed by atoms with Crippen molar-refractivity contribution in [1.29, 1.82) is 0 Å². The van der Waals surface area contributed by atoms with Gasteiger partial charge in [-0.2, -0.15) is 0 Å². The maximum Gasteiger partial charge on any atom is 6.00 e. The van der Waals surface area contributed by atoms with Crippen molar-refractivity contribution in [2.75, 3.05) is 0 Å². The topological polar surface area (TPSA) is 362 Å². The van der Waals surface area contributed by atoms with Crippen LogP contribution in [0.1, 0.15) is 62.1 Å². The van der Waals surface area contributed by atoms with Crippen LogP contribution in [-0.4, -0.2) is 66.5 Å². The Morgan fingerprint density at radius 2 is 0.344 bits per heavy atom. The fourth-order valence-electron chi connectivity index (χ4n) is 3.88. The molecule has 0 aliphatic heterocycles. The van der Waals surface area contributed by atoms with Crippen molar-refractivity contribution >= 4 is 35.8 Å². The zero-order valence-electron chi connectivity index (χ0n) is 30.8. The predicted octanol–water partition coefficient (Wildman–Crippen LogP) is -1.47. The average molecular weight is 919 g/mol. The molecule has 6 N–H and O–H groups in total. The van der Waals surface area contributed by atoms with Gasteiger partial charge in [-0.25, -0.2) is 0 Å². The number of hydrogen-bond acceptors (Lipinski definition) is 18. The fraction of sp³-hybridized carbons (Fsp3) is 0. The third-order valence-electron chi connectivity index (χ3n) is 6.74. The number of carboxylic acids is 6. The molecular formula is C42H30MoO18. The van der Waals surface area contributed by atoms with Gasteiger partial charge in [0.1, 0.15) is 34.5 Å². The number of rotatable bonds is 6. The molecule has 6 aromatic carbocycles. The van der Waals surface area contributed by atoms with Crippen LogP contribution in [-0.2, 0) is 21.1 Å². The van der Waals surface area contributed by atoms with E-state index in [1.165, 1.54) is 109 Å². The summed E-state index contributed by atoms with van der Waals surface area (Å²) in [6, 6.07) is 33.8. The second-order valence-corrected chi connectivity index (χ2v) is 10.8. The normalized spacial score (nSPS) is 9.05. The smallest absolute Gasteiger partial charge is 0.545 e. The second kappa shape index (κ2) is 27.3. The van der Waals surface area contributed by atoms with Gasteiger partial charge in [-0.05, 0) is 72.8 Å². The molecule has 0 amide bonds. The SMILES string of the molecule is O=C([O-])c1ccccc1O.O=C([O-])c1ccccc1O.O=C([O-])c1ccccc1O.O=C([O-])c1ccccc1O.O=C([O-])c1ccccc1O.O=C([O-])c1ccccc1O.[Mo+6]. The van der Waals surface area contributed by atoms with Crippen molar-refractivity contribution in [3.63, 3.8) is 0 Å². The number of carbonyl (C=O) groups excluding carboxylic acids is 6. The largest absolute Gasteiger partial charge is 6.00 e. The molecule has 0 aromatic heterocycles. The molecule has 0 aliphatic carbocycles. The quantitative estimate of drug-likeness (QED) is 0.104. The zero-order valence-corrected chi connectivity index (χ0v) is 32.9. The van der Waals surface area contributed by atoms with Gasteiger partial charge in [0.15, 0.2) is 0 Å². The van der Waals surface area contributed by atoms with Crippen molar-refractivity contribution in [3.05, 3.63) is 179 Å². The molecule has 0 atom stereocenters. The van der Waals surface area contributed by atoms with Crippen LogP contribution < -0.4 is 30.6 Å². The first kappa shape index (κ1) is 52.6. The number of carboxylic acid groups (broad SMARTS) is 6. The summed E-state index contributed by atoms with van der Waals surface area (Å²) in [7, 11) is 0. The van der Waals surface area contributed by atoms with E-state index in [2.05, 4.69) is 0 Å².